The molecule has 1 heterocycles. The molecule has 1 fully saturated rings. The predicted molar refractivity (Wildman–Crippen MR) is 75.6 cm³/mol. The van der Waals surface area contributed by atoms with Gasteiger partial charge in [0, 0.05) is 24.2 Å². The molecule has 1 aromatic carbocycles. The first kappa shape index (κ1) is 13.0. The van der Waals surface area contributed by atoms with E-state index in [1.165, 1.54) is 17.7 Å². The first-order valence-corrected chi connectivity index (χ1v) is 6.75. The van der Waals surface area contributed by atoms with Gasteiger partial charge in [0.15, 0.2) is 0 Å². The quantitative estimate of drug-likeness (QED) is 0.786. The first-order valence-electron chi connectivity index (χ1n) is 6.75. The summed E-state index contributed by atoms with van der Waals surface area (Å²) in [5, 5.41) is 8.89. The molecule has 96 valence electrons. The van der Waals surface area contributed by atoms with Crippen molar-refractivity contribution in [1.29, 1.82) is 5.26 Å². The monoisotopic (exact) mass is 242 g/mol. The lowest BCUT2D eigenvalue weighted by atomic mass is 9.83. The number of rotatable bonds is 2. The molecule has 0 aromatic heterocycles. The fourth-order valence-corrected chi connectivity index (χ4v) is 2.88. The van der Waals surface area contributed by atoms with Crippen LogP contribution in [0.5, 0.6) is 0 Å². The van der Waals surface area contributed by atoms with Crippen LogP contribution in [0.2, 0.25) is 0 Å². The third-order valence-corrected chi connectivity index (χ3v) is 4.12. The largest absolute Gasteiger partial charge is 0.366 e. The minimum atomic E-state index is 0.193. The van der Waals surface area contributed by atoms with Crippen molar-refractivity contribution >= 4 is 5.69 Å². The molecule has 1 unspecified atom stereocenters. The highest BCUT2D eigenvalue weighted by Crippen LogP contribution is 2.36. The van der Waals surface area contributed by atoms with Gasteiger partial charge in [-0.05, 0) is 51.2 Å². The van der Waals surface area contributed by atoms with Crippen molar-refractivity contribution in [3.63, 3.8) is 0 Å². The van der Waals surface area contributed by atoms with Crippen LogP contribution in [0.1, 0.15) is 38.7 Å². The average Bonchev–Trinajstić information content (AvgIpc) is 2.33. The summed E-state index contributed by atoms with van der Waals surface area (Å²) in [6, 6.07) is 10.9. The predicted octanol–water partition coefficient (Wildman–Crippen LogP) is 3.90. The highest BCUT2D eigenvalue weighted by atomic mass is 15.2. The van der Waals surface area contributed by atoms with E-state index in [0.29, 0.717) is 12.3 Å². The fraction of sp³-hybridized carbons (Fsp3) is 0.562. The number of benzene rings is 1. The summed E-state index contributed by atoms with van der Waals surface area (Å²) in [5.74, 6) is 0.516. The van der Waals surface area contributed by atoms with E-state index in [9.17, 15) is 0 Å². The topological polar surface area (TPSA) is 27.0 Å². The molecule has 1 aliphatic rings. The Morgan fingerprint density at radius 3 is 2.78 bits per heavy atom. The van der Waals surface area contributed by atoms with Crippen molar-refractivity contribution in [2.45, 2.75) is 45.6 Å². The van der Waals surface area contributed by atoms with E-state index >= 15 is 0 Å². The summed E-state index contributed by atoms with van der Waals surface area (Å²) in [5.41, 5.74) is 2.84. The smallest absolute Gasteiger partial charge is 0.0625 e. The van der Waals surface area contributed by atoms with Crippen LogP contribution in [-0.2, 0) is 0 Å². The van der Waals surface area contributed by atoms with Crippen LogP contribution >= 0.6 is 0 Å². The Morgan fingerprint density at radius 1 is 1.39 bits per heavy atom. The highest BCUT2D eigenvalue weighted by Gasteiger charge is 2.34. The molecule has 2 nitrogen and oxygen atoms in total. The average molecular weight is 242 g/mol. The number of piperidine rings is 1. The second-order valence-corrected chi connectivity index (χ2v) is 5.98. The molecule has 0 radical (unpaired) electrons. The molecule has 1 saturated heterocycles. The minimum absolute atomic E-state index is 0.193. The van der Waals surface area contributed by atoms with Gasteiger partial charge in [0.25, 0.3) is 0 Å². The molecular formula is C16H22N2. The summed E-state index contributed by atoms with van der Waals surface area (Å²) in [7, 11) is 0. The standard InChI is InChI=1S/C16H22N2/c1-13-6-4-5-7-15(13)18-12-14(9-11-17)8-10-16(18,2)3/h4-7,14H,8-10,12H2,1-3H3. The summed E-state index contributed by atoms with van der Waals surface area (Å²) in [4.78, 5) is 2.49. The number of hydrogen-bond acceptors (Lipinski definition) is 2. The number of hydrogen-bond donors (Lipinski definition) is 0. The third-order valence-electron chi connectivity index (χ3n) is 4.12. The number of anilines is 1. The summed E-state index contributed by atoms with van der Waals surface area (Å²) < 4.78 is 0. The molecule has 1 aromatic rings. The van der Waals surface area contributed by atoms with Gasteiger partial charge in [-0.25, -0.2) is 0 Å². The van der Waals surface area contributed by atoms with Crippen molar-refractivity contribution in [2.75, 3.05) is 11.4 Å². The Hall–Kier alpha value is -1.49. The molecule has 1 atom stereocenters. The van der Waals surface area contributed by atoms with Crippen molar-refractivity contribution in [3.8, 4) is 6.07 Å². The molecular weight excluding hydrogens is 220 g/mol. The summed E-state index contributed by atoms with van der Waals surface area (Å²) in [6.07, 6.45) is 3.01. The molecule has 18 heavy (non-hydrogen) atoms. The van der Waals surface area contributed by atoms with E-state index in [4.69, 9.17) is 5.26 Å². The van der Waals surface area contributed by atoms with E-state index in [2.05, 4.69) is 56.0 Å². The summed E-state index contributed by atoms with van der Waals surface area (Å²) in [6.45, 7) is 7.79. The Kier molecular flexibility index (Phi) is 3.61. The van der Waals surface area contributed by atoms with Gasteiger partial charge in [0.05, 0.1) is 6.07 Å². The minimum Gasteiger partial charge on any atom is -0.366 e. The highest BCUT2D eigenvalue weighted by molar-refractivity contribution is 5.55. The van der Waals surface area contributed by atoms with Gasteiger partial charge in [-0.2, -0.15) is 5.26 Å². The molecule has 0 saturated carbocycles. The van der Waals surface area contributed by atoms with Crippen LogP contribution in [0.25, 0.3) is 0 Å². The maximum atomic E-state index is 8.89. The van der Waals surface area contributed by atoms with E-state index in [-0.39, 0.29) is 5.54 Å². The Labute approximate surface area is 110 Å². The first-order chi connectivity index (χ1) is 8.54. The Bertz CT molecular complexity index is 456. The van der Waals surface area contributed by atoms with E-state index in [1.54, 1.807) is 0 Å². The van der Waals surface area contributed by atoms with Gasteiger partial charge in [0.2, 0.25) is 0 Å². The van der Waals surface area contributed by atoms with Crippen molar-refractivity contribution < 1.29 is 0 Å². The van der Waals surface area contributed by atoms with Gasteiger partial charge in [0.1, 0.15) is 0 Å². The van der Waals surface area contributed by atoms with Crippen molar-refractivity contribution in [1.82, 2.24) is 0 Å². The number of para-hydroxylation sites is 1. The van der Waals surface area contributed by atoms with Gasteiger partial charge < -0.3 is 4.90 Å². The number of aryl methyl sites for hydroxylation is 1. The van der Waals surface area contributed by atoms with E-state index in [0.717, 1.165) is 13.0 Å². The summed E-state index contributed by atoms with van der Waals surface area (Å²) >= 11 is 0. The maximum Gasteiger partial charge on any atom is 0.0625 e. The van der Waals surface area contributed by atoms with Crippen LogP contribution in [0.3, 0.4) is 0 Å². The molecule has 2 rings (SSSR count). The zero-order chi connectivity index (χ0) is 13.2. The van der Waals surface area contributed by atoms with Gasteiger partial charge in [-0.1, -0.05) is 18.2 Å². The zero-order valence-electron chi connectivity index (χ0n) is 11.6. The van der Waals surface area contributed by atoms with Gasteiger partial charge in [-0.3, -0.25) is 0 Å². The number of nitrogens with zero attached hydrogens (tertiary/aromatic N) is 2. The van der Waals surface area contributed by atoms with Crippen molar-refractivity contribution in [2.24, 2.45) is 5.92 Å². The lowest BCUT2D eigenvalue weighted by molar-refractivity contribution is 0.293. The molecule has 2 heteroatoms. The fourth-order valence-electron chi connectivity index (χ4n) is 2.88. The van der Waals surface area contributed by atoms with Crippen LogP contribution < -0.4 is 4.90 Å². The van der Waals surface area contributed by atoms with Crippen molar-refractivity contribution in [3.05, 3.63) is 29.8 Å². The molecule has 0 aliphatic carbocycles. The zero-order valence-corrected chi connectivity index (χ0v) is 11.6. The van der Waals surface area contributed by atoms with Crippen LogP contribution in [0.4, 0.5) is 5.69 Å². The lowest BCUT2D eigenvalue weighted by Crippen LogP contribution is -2.50. The molecule has 0 bridgehead atoms. The van der Waals surface area contributed by atoms with Crippen LogP contribution in [0.15, 0.2) is 24.3 Å². The van der Waals surface area contributed by atoms with Gasteiger partial charge >= 0.3 is 0 Å². The Morgan fingerprint density at radius 2 is 2.11 bits per heavy atom. The number of nitriles is 1. The van der Waals surface area contributed by atoms with Crippen LogP contribution in [0, 0.1) is 24.2 Å². The molecule has 0 spiro atoms. The second-order valence-electron chi connectivity index (χ2n) is 5.98. The third kappa shape index (κ3) is 2.51. The van der Waals surface area contributed by atoms with E-state index in [1.807, 2.05) is 0 Å². The molecule has 1 aliphatic heterocycles. The second kappa shape index (κ2) is 5.02. The maximum absolute atomic E-state index is 8.89. The normalized spacial score (nSPS) is 22.6. The SMILES string of the molecule is Cc1ccccc1N1CC(CC#N)CCC1(C)C. The van der Waals surface area contributed by atoms with Crippen LogP contribution in [-0.4, -0.2) is 12.1 Å². The molecule has 0 N–H and O–H groups in total. The Balaban J connectivity index is 2.28. The molecule has 0 amide bonds. The van der Waals surface area contributed by atoms with E-state index < -0.39 is 0 Å². The van der Waals surface area contributed by atoms with Gasteiger partial charge in [-0.15, -0.1) is 0 Å². The lowest BCUT2D eigenvalue weighted by Gasteiger charge is -2.47.